The molecule has 1 aromatic carbocycles. The summed E-state index contributed by atoms with van der Waals surface area (Å²) in [6.07, 6.45) is -3.32. The van der Waals surface area contributed by atoms with Crippen LogP contribution in [0, 0.1) is 0 Å². The van der Waals surface area contributed by atoms with Crippen molar-refractivity contribution in [1.29, 1.82) is 0 Å². The van der Waals surface area contributed by atoms with Gasteiger partial charge in [-0.15, -0.1) is 0 Å². The van der Waals surface area contributed by atoms with Crippen LogP contribution in [0.5, 0.6) is 0 Å². The molecule has 1 aliphatic rings. The highest BCUT2D eigenvalue weighted by atomic mass is 19.4. The molecular formula is C10H10F3N. The van der Waals surface area contributed by atoms with Gasteiger partial charge in [0.1, 0.15) is 0 Å². The number of hydrogen-bond acceptors (Lipinski definition) is 1. The van der Waals surface area contributed by atoms with E-state index in [1.807, 2.05) is 0 Å². The van der Waals surface area contributed by atoms with Gasteiger partial charge in [-0.05, 0) is 30.7 Å². The first-order valence-corrected chi connectivity index (χ1v) is 4.48. The van der Waals surface area contributed by atoms with Crippen molar-refractivity contribution in [1.82, 2.24) is 5.32 Å². The largest absolute Gasteiger partial charge is 0.416 e. The van der Waals surface area contributed by atoms with Crippen molar-refractivity contribution in [2.24, 2.45) is 0 Å². The van der Waals surface area contributed by atoms with Crippen LogP contribution in [0.15, 0.2) is 24.3 Å². The van der Waals surface area contributed by atoms with Crippen LogP contribution in [0.25, 0.3) is 0 Å². The fourth-order valence-electron chi connectivity index (χ4n) is 1.50. The Morgan fingerprint density at radius 1 is 1.29 bits per heavy atom. The molecular weight excluding hydrogens is 191 g/mol. The second-order valence-corrected chi connectivity index (χ2v) is 3.42. The van der Waals surface area contributed by atoms with Crippen molar-refractivity contribution in [3.63, 3.8) is 0 Å². The molecule has 0 unspecified atom stereocenters. The number of hydrogen-bond donors (Lipinski definition) is 1. The first kappa shape index (κ1) is 9.52. The van der Waals surface area contributed by atoms with Crippen molar-refractivity contribution < 1.29 is 13.2 Å². The molecule has 0 aromatic heterocycles. The normalized spacial score (nSPS) is 21.8. The number of benzene rings is 1. The Morgan fingerprint density at radius 3 is 2.50 bits per heavy atom. The first-order valence-electron chi connectivity index (χ1n) is 4.48. The average molecular weight is 201 g/mol. The summed E-state index contributed by atoms with van der Waals surface area (Å²) in [5.41, 5.74) is 0.162. The Balaban J connectivity index is 2.26. The second kappa shape index (κ2) is 3.28. The lowest BCUT2D eigenvalue weighted by Crippen LogP contribution is -2.35. The maximum Gasteiger partial charge on any atom is 0.416 e. The van der Waals surface area contributed by atoms with Crippen LogP contribution in [0.3, 0.4) is 0 Å². The minimum absolute atomic E-state index is 0.109. The van der Waals surface area contributed by atoms with E-state index in [-0.39, 0.29) is 6.04 Å². The predicted molar refractivity (Wildman–Crippen MR) is 46.8 cm³/mol. The van der Waals surface area contributed by atoms with Gasteiger partial charge in [0.15, 0.2) is 0 Å². The van der Waals surface area contributed by atoms with Crippen LogP contribution in [0.4, 0.5) is 13.2 Å². The highest BCUT2D eigenvalue weighted by molar-refractivity contribution is 5.28. The molecule has 14 heavy (non-hydrogen) atoms. The molecule has 0 saturated carbocycles. The van der Waals surface area contributed by atoms with Crippen molar-refractivity contribution in [2.45, 2.75) is 18.6 Å². The van der Waals surface area contributed by atoms with E-state index in [1.54, 1.807) is 6.07 Å². The third-order valence-electron chi connectivity index (χ3n) is 2.44. The van der Waals surface area contributed by atoms with E-state index in [0.717, 1.165) is 24.6 Å². The molecule has 1 aliphatic heterocycles. The zero-order valence-corrected chi connectivity index (χ0v) is 7.43. The van der Waals surface area contributed by atoms with Gasteiger partial charge in [-0.2, -0.15) is 13.2 Å². The number of rotatable bonds is 1. The quantitative estimate of drug-likeness (QED) is 0.736. The summed E-state index contributed by atoms with van der Waals surface area (Å²) in [6, 6.07) is 5.61. The van der Waals surface area contributed by atoms with Crippen LogP contribution in [-0.4, -0.2) is 6.54 Å². The topological polar surface area (TPSA) is 12.0 Å². The summed E-state index contributed by atoms with van der Waals surface area (Å²) in [4.78, 5) is 0. The van der Waals surface area contributed by atoms with Gasteiger partial charge in [0.2, 0.25) is 0 Å². The molecule has 1 fully saturated rings. The lowest BCUT2D eigenvalue weighted by molar-refractivity contribution is -0.137. The molecule has 0 radical (unpaired) electrons. The third-order valence-corrected chi connectivity index (χ3v) is 2.44. The van der Waals surface area contributed by atoms with Crippen LogP contribution in [-0.2, 0) is 6.18 Å². The van der Waals surface area contributed by atoms with Gasteiger partial charge < -0.3 is 5.32 Å². The molecule has 0 bridgehead atoms. The monoisotopic (exact) mass is 201 g/mol. The van der Waals surface area contributed by atoms with E-state index < -0.39 is 11.7 Å². The van der Waals surface area contributed by atoms with Crippen LogP contribution in [0.1, 0.15) is 23.6 Å². The number of alkyl halides is 3. The van der Waals surface area contributed by atoms with Crippen LogP contribution >= 0.6 is 0 Å². The van der Waals surface area contributed by atoms with Gasteiger partial charge >= 0.3 is 6.18 Å². The molecule has 2 rings (SSSR count). The van der Waals surface area contributed by atoms with E-state index in [1.165, 1.54) is 12.1 Å². The molecule has 1 saturated heterocycles. The van der Waals surface area contributed by atoms with Crippen LogP contribution in [0.2, 0.25) is 0 Å². The molecule has 1 N–H and O–H groups in total. The highest BCUT2D eigenvalue weighted by Crippen LogP contribution is 2.32. The maximum atomic E-state index is 12.3. The molecule has 0 aliphatic carbocycles. The summed E-state index contributed by atoms with van der Waals surface area (Å²) >= 11 is 0. The third kappa shape index (κ3) is 1.75. The standard InChI is InChI=1S/C10H10F3N/c11-10(12,13)8-3-1-2-7(6-8)9-4-5-14-9/h1-3,6,9,14H,4-5H2/t9-/m1/s1. The number of nitrogens with one attached hydrogen (secondary N) is 1. The smallest absolute Gasteiger partial charge is 0.310 e. The minimum Gasteiger partial charge on any atom is -0.310 e. The van der Waals surface area contributed by atoms with Crippen molar-refractivity contribution >= 4 is 0 Å². The maximum absolute atomic E-state index is 12.3. The lowest BCUT2D eigenvalue weighted by Gasteiger charge is -2.28. The summed E-state index contributed by atoms with van der Waals surface area (Å²) in [5, 5.41) is 3.07. The molecule has 0 amide bonds. The Labute approximate surface area is 79.9 Å². The summed E-state index contributed by atoms with van der Waals surface area (Å²) in [5.74, 6) is 0. The molecule has 4 heteroatoms. The lowest BCUT2D eigenvalue weighted by atomic mass is 9.96. The first-order chi connectivity index (χ1) is 6.57. The Hall–Kier alpha value is -1.03. The van der Waals surface area contributed by atoms with Gasteiger partial charge in [-0.25, -0.2) is 0 Å². The van der Waals surface area contributed by atoms with Crippen LogP contribution < -0.4 is 5.32 Å². The zero-order chi connectivity index (χ0) is 10.2. The zero-order valence-electron chi connectivity index (χ0n) is 7.43. The van der Waals surface area contributed by atoms with Crippen molar-refractivity contribution in [2.75, 3.05) is 6.54 Å². The van der Waals surface area contributed by atoms with Gasteiger partial charge in [0, 0.05) is 6.04 Å². The fraction of sp³-hybridized carbons (Fsp3) is 0.400. The molecule has 1 heterocycles. The SMILES string of the molecule is FC(F)(F)c1cccc([C@H]2CCN2)c1. The predicted octanol–water partition coefficient (Wildman–Crippen LogP) is 2.74. The summed E-state index contributed by atoms with van der Waals surface area (Å²) in [6.45, 7) is 0.890. The summed E-state index contributed by atoms with van der Waals surface area (Å²) < 4.78 is 37.0. The van der Waals surface area contributed by atoms with Crippen molar-refractivity contribution in [3.8, 4) is 0 Å². The molecule has 1 nitrogen and oxygen atoms in total. The van der Waals surface area contributed by atoms with E-state index in [9.17, 15) is 13.2 Å². The molecule has 76 valence electrons. The molecule has 1 atom stereocenters. The Kier molecular flexibility index (Phi) is 2.23. The molecule has 0 spiro atoms. The van der Waals surface area contributed by atoms with Gasteiger partial charge in [0.25, 0.3) is 0 Å². The average Bonchev–Trinajstić information content (AvgIpc) is 2.00. The number of halogens is 3. The fourth-order valence-corrected chi connectivity index (χ4v) is 1.50. The highest BCUT2D eigenvalue weighted by Gasteiger charge is 2.31. The Bertz CT molecular complexity index is 328. The van der Waals surface area contributed by atoms with E-state index in [0.29, 0.717) is 0 Å². The van der Waals surface area contributed by atoms with E-state index in [2.05, 4.69) is 5.32 Å². The second-order valence-electron chi connectivity index (χ2n) is 3.42. The minimum atomic E-state index is -4.24. The molecule has 1 aromatic rings. The van der Waals surface area contributed by atoms with Gasteiger partial charge in [0.05, 0.1) is 5.56 Å². The van der Waals surface area contributed by atoms with Crippen molar-refractivity contribution in [3.05, 3.63) is 35.4 Å². The summed E-state index contributed by atoms with van der Waals surface area (Å²) in [7, 11) is 0. The van der Waals surface area contributed by atoms with Gasteiger partial charge in [-0.1, -0.05) is 12.1 Å². The Morgan fingerprint density at radius 2 is 2.00 bits per heavy atom. The van der Waals surface area contributed by atoms with Gasteiger partial charge in [-0.3, -0.25) is 0 Å². The van der Waals surface area contributed by atoms with E-state index in [4.69, 9.17) is 0 Å². The van der Waals surface area contributed by atoms with E-state index >= 15 is 0 Å².